The number of halogens is 1. The van der Waals surface area contributed by atoms with Crippen LogP contribution in [0.4, 0.5) is 0 Å². The van der Waals surface area contributed by atoms with Crippen molar-refractivity contribution < 1.29 is 19.1 Å². The summed E-state index contributed by atoms with van der Waals surface area (Å²) in [5, 5.41) is 0. The van der Waals surface area contributed by atoms with Crippen molar-refractivity contribution in [1.29, 1.82) is 0 Å². The number of aldehydes is 1. The molecule has 0 fully saturated rings. The van der Waals surface area contributed by atoms with Crippen LogP contribution in [-0.4, -0.2) is 31.0 Å². The van der Waals surface area contributed by atoms with Crippen molar-refractivity contribution in [2.75, 3.05) is 13.0 Å². The summed E-state index contributed by atoms with van der Waals surface area (Å²) in [6.07, 6.45) is 0.219. The first kappa shape index (κ1) is 10.1. The molecule has 5 heteroatoms. The number of methoxy groups -OCH3 is 1. The summed E-state index contributed by atoms with van der Waals surface area (Å²) in [5.74, 6) is -3.24. The smallest absolute Gasteiger partial charge is 0.323 e. The lowest BCUT2D eigenvalue weighted by Crippen LogP contribution is -2.27. The Balaban J connectivity index is 4.27. The van der Waals surface area contributed by atoms with Crippen molar-refractivity contribution in [3.8, 4) is 0 Å². The van der Waals surface area contributed by atoms with Crippen LogP contribution in [0.2, 0.25) is 0 Å². The number of ether oxygens (including phenoxy) is 1. The Bertz CT molecular complexity index is 161. The highest BCUT2D eigenvalue weighted by Gasteiger charge is 2.25. The van der Waals surface area contributed by atoms with Crippen LogP contribution >= 0.6 is 11.6 Å². The summed E-state index contributed by atoms with van der Waals surface area (Å²) >= 11 is 5.11. The van der Waals surface area contributed by atoms with E-state index in [1.54, 1.807) is 0 Å². The van der Waals surface area contributed by atoms with Gasteiger partial charge in [0, 0.05) is 0 Å². The molecule has 0 saturated carbocycles. The van der Waals surface area contributed by atoms with Gasteiger partial charge in [0.2, 0.25) is 0 Å². The molecule has 0 aromatic carbocycles. The van der Waals surface area contributed by atoms with Crippen molar-refractivity contribution >= 4 is 29.6 Å². The Morgan fingerprint density at radius 1 is 1.64 bits per heavy atom. The molecule has 0 bridgehead atoms. The summed E-state index contributed by atoms with van der Waals surface area (Å²) in [6.45, 7) is 0. The van der Waals surface area contributed by atoms with Gasteiger partial charge in [-0.25, -0.2) is 0 Å². The molecule has 4 nitrogen and oxygen atoms in total. The van der Waals surface area contributed by atoms with Gasteiger partial charge in [0.05, 0.1) is 13.0 Å². The maximum absolute atomic E-state index is 10.7. The summed E-state index contributed by atoms with van der Waals surface area (Å²) in [5.41, 5.74) is 0. The number of carbonyl (C=O) groups excluding carboxylic acids is 3. The maximum Gasteiger partial charge on any atom is 0.323 e. The first-order valence-electron chi connectivity index (χ1n) is 2.79. The fraction of sp³-hybridized carbons (Fsp3) is 0.500. The molecule has 62 valence electrons. The summed E-state index contributed by atoms with van der Waals surface area (Å²) in [7, 11) is 1.10. The minimum absolute atomic E-state index is 0.219. The lowest BCUT2D eigenvalue weighted by molar-refractivity contribution is -0.149. The molecule has 0 aromatic rings. The van der Waals surface area contributed by atoms with Crippen molar-refractivity contribution in [3.05, 3.63) is 0 Å². The molecule has 0 aliphatic heterocycles. The highest BCUT2D eigenvalue weighted by atomic mass is 35.5. The van der Waals surface area contributed by atoms with E-state index in [0.29, 0.717) is 0 Å². The predicted octanol–water partition coefficient (Wildman–Crippen LogP) is -0.218. The zero-order valence-electron chi connectivity index (χ0n) is 5.87. The zero-order chi connectivity index (χ0) is 8.85. The second kappa shape index (κ2) is 4.85. The van der Waals surface area contributed by atoms with Crippen molar-refractivity contribution in [2.45, 2.75) is 0 Å². The van der Waals surface area contributed by atoms with Crippen LogP contribution in [0.5, 0.6) is 0 Å². The van der Waals surface area contributed by atoms with E-state index < -0.39 is 17.7 Å². The fourth-order valence-electron chi connectivity index (χ4n) is 0.473. The monoisotopic (exact) mass is 178 g/mol. The van der Waals surface area contributed by atoms with Gasteiger partial charge in [-0.1, -0.05) is 0 Å². The number of alkyl halides is 1. The Hall–Kier alpha value is -0.900. The number of Topliss-reactive ketones (excluding diaryl/α,β-unsaturated/α-hetero) is 1. The number of rotatable bonds is 4. The summed E-state index contributed by atoms with van der Waals surface area (Å²) in [4.78, 5) is 31.4. The third-order valence-electron chi connectivity index (χ3n) is 1.07. The molecule has 0 saturated heterocycles. The van der Waals surface area contributed by atoms with Crippen LogP contribution in [0.1, 0.15) is 0 Å². The zero-order valence-corrected chi connectivity index (χ0v) is 6.63. The van der Waals surface area contributed by atoms with Crippen molar-refractivity contribution in [1.82, 2.24) is 0 Å². The van der Waals surface area contributed by atoms with Gasteiger partial charge in [0.25, 0.3) is 0 Å². The van der Waals surface area contributed by atoms with Crippen molar-refractivity contribution in [3.63, 3.8) is 0 Å². The minimum Gasteiger partial charge on any atom is -0.468 e. The number of carbonyl (C=O) groups is 3. The SMILES string of the molecule is COC(=O)C(C=O)C(=O)CCl. The molecule has 0 aliphatic rings. The van der Waals surface area contributed by atoms with Crippen LogP contribution in [0.3, 0.4) is 0 Å². The van der Waals surface area contributed by atoms with Crippen LogP contribution in [0.15, 0.2) is 0 Å². The Labute approximate surface area is 68.5 Å². The van der Waals surface area contributed by atoms with Gasteiger partial charge in [-0.2, -0.15) is 0 Å². The normalized spacial score (nSPS) is 11.8. The average Bonchev–Trinajstić information content (AvgIpc) is 2.05. The van der Waals surface area contributed by atoms with Crippen LogP contribution < -0.4 is 0 Å². The van der Waals surface area contributed by atoms with E-state index >= 15 is 0 Å². The van der Waals surface area contributed by atoms with E-state index in [1.165, 1.54) is 0 Å². The van der Waals surface area contributed by atoms with Gasteiger partial charge in [-0.05, 0) is 0 Å². The second-order valence-corrected chi connectivity index (χ2v) is 2.00. The average molecular weight is 179 g/mol. The fourth-order valence-corrected chi connectivity index (χ4v) is 0.639. The van der Waals surface area contributed by atoms with Gasteiger partial charge in [0.1, 0.15) is 6.29 Å². The molecular formula is C6H7ClO4. The third-order valence-corrected chi connectivity index (χ3v) is 1.33. The largest absolute Gasteiger partial charge is 0.468 e. The molecule has 0 heterocycles. The number of esters is 1. The number of hydrogen-bond donors (Lipinski definition) is 0. The van der Waals surface area contributed by atoms with Gasteiger partial charge >= 0.3 is 5.97 Å². The molecule has 0 aromatic heterocycles. The molecule has 0 N–H and O–H groups in total. The van der Waals surface area contributed by atoms with E-state index in [1.807, 2.05) is 0 Å². The first-order valence-corrected chi connectivity index (χ1v) is 3.32. The van der Waals surface area contributed by atoms with Crippen LogP contribution in [-0.2, 0) is 19.1 Å². The van der Waals surface area contributed by atoms with E-state index in [0.717, 1.165) is 7.11 Å². The van der Waals surface area contributed by atoms with E-state index in [2.05, 4.69) is 4.74 Å². The number of hydrogen-bond acceptors (Lipinski definition) is 4. The molecular weight excluding hydrogens is 172 g/mol. The van der Waals surface area contributed by atoms with Gasteiger partial charge < -0.3 is 9.53 Å². The molecule has 1 unspecified atom stereocenters. The highest BCUT2D eigenvalue weighted by Crippen LogP contribution is 1.98. The summed E-state index contributed by atoms with van der Waals surface area (Å²) < 4.78 is 4.18. The predicted molar refractivity (Wildman–Crippen MR) is 37.3 cm³/mol. The van der Waals surface area contributed by atoms with E-state index in [4.69, 9.17) is 11.6 Å². The lowest BCUT2D eigenvalue weighted by Gasteiger charge is -2.02. The molecule has 0 rings (SSSR count). The van der Waals surface area contributed by atoms with Gasteiger partial charge in [-0.3, -0.25) is 9.59 Å². The second-order valence-electron chi connectivity index (χ2n) is 1.74. The Morgan fingerprint density at radius 2 is 2.18 bits per heavy atom. The molecule has 0 aliphatic carbocycles. The Kier molecular flexibility index (Phi) is 4.45. The standard InChI is InChI=1S/C6H7ClO4/c1-11-6(10)4(3-8)5(9)2-7/h3-4H,2H2,1H3. The minimum atomic E-state index is -1.36. The van der Waals surface area contributed by atoms with E-state index in [9.17, 15) is 14.4 Å². The van der Waals surface area contributed by atoms with Gasteiger partial charge in [-0.15, -0.1) is 11.6 Å². The number of ketones is 1. The highest BCUT2D eigenvalue weighted by molar-refractivity contribution is 6.31. The van der Waals surface area contributed by atoms with E-state index in [-0.39, 0.29) is 12.2 Å². The topological polar surface area (TPSA) is 60.4 Å². The first-order chi connectivity index (χ1) is 5.17. The molecule has 0 radical (unpaired) electrons. The molecule has 1 atom stereocenters. The Morgan fingerprint density at radius 3 is 2.45 bits per heavy atom. The third kappa shape index (κ3) is 2.67. The maximum atomic E-state index is 10.7. The van der Waals surface area contributed by atoms with Crippen LogP contribution in [0.25, 0.3) is 0 Å². The van der Waals surface area contributed by atoms with Gasteiger partial charge in [0.15, 0.2) is 11.7 Å². The summed E-state index contributed by atoms with van der Waals surface area (Å²) in [6, 6.07) is 0. The lowest BCUT2D eigenvalue weighted by atomic mass is 10.1. The molecule has 0 spiro atoms. The molecule has 11 heavy (non-hydrogen) atoms. The van der Waals surface area contributed by atoms with Crippen molar-refractivity contribution in [2.24, 2.45) is 5.92 Å². The molecule has 0 amide bonds. The van der Waals surface area contributed by atoms with Crippen LogP contribution in [0, 0.1) is 5.92 Å². The quantitative estimate of drug-likeness (QED) is 0.259.